The van der Waals surface area contributed by atoms with Crippen LogP contribution in [0.1, 0.15) is 18.9 Å². The lowest BCUT2D eigenvalue weighted by Crippen LogP contribution is -2.37. The molecule has 0 aliphatic carbocycles. The molecule has 0 bridgehead atoms. The van der Waals surface area contributed by atoms with Crippen LogP contribution < -0.4 is 15.4 Å². The minimum atomic E-state index is 0.256. The fourth-order valence-electron chi connectivity index (χ4n) is 2.58. The van der Waals surface area contributed by atoms with E-state index >= 15 is 0 Å². The maximum atomic E-state index is 5.81. The molecule has 2 rings (SSSR count). The number of nitrogens with two attached hydrogens (primary N) is 1. The molecule has 2 unspecified atom stereocenters. The zero-order valence-electron chi connectivity index (χ0n) is 11.3. The van der Waals surface area contributed by atoms with E-state index in [9.17, 15) is 0 Å². The van der Waals surface area contributed by atoms with Gasteiger partial charge in [-0.15, -0.1) is 0 Å². The van der Waals surface area contributed by atoms with Gasteiger partial charge in [-0.1, -0.05) is 6.07 Å². The third kappa shape index (κ3) is 2.44. The Hall–Kier alpha value is -1.26. The van der Waals surface area contributed by atoms with Crippen molar-refractivity contribution in [3.05, 3.63) is 23.8 Å². The molecular weight excluding hydrogens is 228 g/mol. The first-order valence-electron chi connectivity index (χ1n) is 6.38. The average molecular weight is 250 g/mol. The number of likely N-dealkylation sites (N-methyl/N-ethyl adjacent to an activating group) is 1. The second-order valence-corrected chi connectivity index (χ2v) is 4.74. The number of benzene rings is 1. The molecule has 0 saturated carbocycles. The molecule has 0 spiro atoms. The van der Waals surface area contributed by atoms with E-state index in [0.717, 1.165) is 30.0 Å². The fraction of sp³-hybridized carbons (Fsp3) is 0.571. The number of hydrogen-bond donors (Lipinski definition) is 1. The summed E-state index contributed by atoms with van der Waals surface area (Å²) in [7, 11) is 3.78. The highest BCUT2D eigenvalue weighted by atomic mass is 16.5. The molecule has 0 amide bonds. The molecule has 2 atom stereocenters. The van der Waals surface area contributed by atoms with E-state index in [1.165, 1.54) is 0 Å². The number of methoxy groups -OCH3 is 1. The van der Waals surface area contributed by atoms with E-state index in [1.807, 2.05) is 18.2 Å². The maximum absolute atomic E-state index is 5.81. The van der Waals surface area contributed by atoms with Gasteiger partial charge in [0.15, 0.2) is 0 Å². The van der Waals surface area contributed by atoms with Crippen LogP contribution >= 0.6 is 0 Å². The highest BCUT2D eigenvalue weighted by Crippen LogP contribution is 2.30. The molecule has 0 aromatic heterocycles. The highest BCUT2D eigenvalue weighted by molar-refractivity contribution is 5.57. The monoisotopic (exact) mass is 250 g/mol. The smallest absolute Gasteiger partial charge is 0.120 e. The van der Waals surface area contributed by atoms with Gasteiger partial charge in [-0.25, -0.2) is 0 Å². The van der Waals surface area contributed by atoms with Crippen molar-refractivity contribution in [2.45, 2.75) is 32.0 Å². The minimum Gasteiger partial charge on any atom is -0.497 e. The lowest BCUT2D eigenvalue weighted by atomic mass is 10.1. The van der Waals surface area contributed by atoms with Crippen molar-refractivity contribution < 1.29 is 9.47 Å². The number of ether oxygens (including phenoxy) is 2. The Morgan fingerprint density at radius 3 is 2.83 bits per heavy atom. The number of anilines is 1. The van der Waals surface area contributed by atoms with E-state index in [1.54, 1.807) is 7.11 Å². The summed E-state index contributed by atoms with van der Waals surface area (Å²) in [5.74, 6) is 0.862. The lowest BCUT2D eigenvalue weighted by Gasteiger charge is -2.30. The second-order valence-electron chi connectivity index (χ2n) is 4.74. The Bertz CT molecular complexity index is 409. The highest BCUT2D eigenvalue weighted by Gasteiger charge is 2.29. The Balaban J connectivity index is 2.29. The first-order chi connectivity index (χ1) is 8.67. The van der Waals surface area contributed by atoms with Gasteiger partial charge in [0.05, 0.1) is 19.3 Å². The average Bonchev–Trinajstić information content (AvgIpc) is 2.83. The Morgan fingerprint density at radius 2 is 2.28 bits per heavy atom. The maximum Gasteiger partial charge on any atom is 0.120 e. The van der Waals surface area contributed by atoms with Crippen LogP contribution in [0.5, 0.6) is 5.75 Å². The molecule has 18 heavy (non-hydrogen) atoms. The van der Waals surface area contributed by atoms with Crippen LogP contribution in [0.25, 0.3) is 0 Å². The second kappa shape index (κ2) is 5.59. The molecule has 1 saturated heterocycles. The van der Waals surface area contributed by atoms with Crippen LogP contribution in [-0.4, -0.2) is 32.9 Å². The van der Waals surface area contributed by atoms with Gasteiger partial charge in [0, 0.05) is 32.0 Å². The predicted molar refractivity (Wildman–Crippen MR) is 73.1 cm³/mol. The largest absolute Gasteiger partial charge is 0.497 e. The van der Waals surface area contributed by atoms with E-state index < -0.39 is 0 Å². The van der Waals surface area contributed by atoms with Crippen LogP contribution in [0.4, 0.5) is 5.69 Å². The van der Waals surface area contributed by atoms with Crippen LogP contribution in [0.15, 0.2) is 18.2 Å². The van der Waals surface area contributed by atoms with Gasteiger partial charge >= 0.3 is 0 Å². The first-order valence-corrected chi connectivity index (χ1v) is 6.38. The molecular formula is C14H22N2O2. The summed E-state index contributed by atoms with van der Waals surface area (Å²) in [6.45, 7) is 3.49. The number of hydrogen-bond acceptors (Lipinski definition) is 4. The topological polar surface area (TPSA) is 47.7 Å². The molecule has 4 nitrogen and oxygen atoms in total. The van der Waals surface area contributed by atoms with Crippen molar-refractivity contribution >= 4 is 5.69 Å². The summed E-state index contributed by atoms with van der Waals surface area (Å²) in [6, 6.07) is 6.44. The van der Waals surface area contributed by atoms with Crippen molar-refractivity contribution in [2.24, 2.45) is 5.73 Å². The molecule has 1 aliphatic heterocycles. The van der Waals surface area contributed by atoms with Gasteiger partial charge in [-0.2, -0.15) is 0 Å². The quantitative estimate of drug-likeness (QED) is 0.884. The lowest BCUT2D eigenvalue weighted by molar-refractivity contribution is 0.118. The molecule has 0 radical (unpaired) electrons. The van der Waals surface area contributed by atoms with Crippen molar-refractivity contribution in [1.82, 2.24) is 0 Å². The van der Waals surface area contributed by atoms with E-state index in [0.29, 0.717) is 12.6 Å². The van der Waals surface area contributed by atoms with Gasteiger partial charge in [0.1, 0.15) is 5.75 Å². The Morgan fingerprint density at radius 1 is 1.50 bits per heavy atom. The standard InChI is InChI=1S/C14H22N2O2/c1-10-13(6-7-18-10)16(2)14-8-12(17-3)5-4-11(14)9-15/h4-5,8,10,13H,6-7,9,15H2,1-3H3. The molecule has 1 fully saturated rings. The molecule has 2 N–H and O–H groups in total. The molecule has 100 valence electrons. The van der Waals surface area contributed by atoms with Crippen molar-refractivity contribution in [3.63, 3.8) is 0 Å². The molecule has 1 aromatic rings. The molecule has 4 heteroatoms. The minimum absolute atomic E-state index is 0.256. The van der Waals surface area contributed by atoms with Crippen molar-refractivity contribution in [3.8, 4) is 5.75 Å². The molecule has 1 heterocycles. The van der Waals surface area contributed by atoms with Gasteiger partial charge in [0.25, 0.3) is 0 Å². The van der Waals surface area contributed by atoms with Crippen LogP contribution in [0.2, 0.25) is 0 Å². The summed E-state index contributed by atoms with van der Waals surface area (Å²) in [5.41, 5.74) is 8.09. The van der Waals surface area contributed by atoms with Gasteiger partial charge < -0.3 is 20.1 Å². The van der Waals surface area contributed by atoms with Crippen molar-refractivity contribution in [2.75, 3.05) is 25.7 Å². The van der Waals surface area contributed by atoms with Crippen molar-refractivity contribution in [1.29, 1.82) is 0 Å². The van der Waals surface area contributed by atoms with Gasteiger partial charge in [0.2, 0.25) is 0 Å². The molecule has 1 aromatic carbocycles. The molecule has 1 aliphatic rings. The van der Waals surface area contributed by atoms with E-state index in [2.05, 4.69) is 18.9 Å². The number of nitrogens with zero attached hydrogens (tertiary/aromatic N) is 1. The normalized spacial score (nSPS) is 23.1. The van der Waals surface area contributed by atoms with Gasteiger partial charge in [-0.05, 0) is 25.0 Å². The zero-order chi connectivity index (χ0) is 13.1. The Labute approximate surface area is 109 Å². The van der Waals surface area contributed by atoms with Gasteiger partial charge in [-0.3, -0.25) is 0 Å². The van der Waals surface area contributed by atoms with E-state index in [4.69, 9.17) is 15.2 Å². The predicted octanol–water partition coefficient (Wildman–Crippen LogP) is 1.77. The number of rotatable bonds is 4. The SMILES string of the molecule is COc1ccc(CN)c(N(C)C2CCOC2C)c1. The Kier molecular flexibility index (Phi) is 4.09. The summed E-state index contributed by atoms with van der Waals surface area (Å²) < 4.78 is 10.9. The van der Waals surface area contributed by atoms with Crippen LogP contribution in [0, 0.1) is 0 Å². The van der Waals surface area contributed by atoms with E-state index in [-0.39, 0.29) is 6.10 Å². The zero-order valence-corrected chi connectivity index (χ0v) is 11.3. The third-order valence-corrected chi connectivity index (χ3v) is 3.73. The summed E-state index contributed by atoms with van der Waals surface area (Å²) in [5, 5.41) is 0. The summed E-state index contributed by atoms with van der Waals surface area (Å²) in [4.78, 5) is 2.27. The summed E-state index contributed by atoms with van der Waals surface area (Å²) >= 11 is 0. The summed E-state index contributed by atoms with van der Waals surface area (Å²) in [6.07, 6.45) is 1.31. The van der Waals surface area contributed by atoms with Crippen LogP contribution in [0.3, 0.4) is 0 Å². The first kappa shape index (κ1) is 13.2. The van der Waals surface area contributed by atoms with Crippen LogP contribution in [-0.2, 0) is 11.3 Å². The fourth-order valence-corrected chi connectivity index (χ4v) is 2.58. The third-order valence-electron chi connectivity index (χ3n) is 3.73.